The zero-order valence-electron chi connectivity index (χ0n) is 10.4. The van der Waals surface area contributed by atoms with Gasteiger partial charge in [-0.15, -0.1) is 5.10 Å². The van der Waals surface area contributed by atoms with Crippen molar-refractivity contribution in [1.82, 2.24) is 20.3 Å². The van der Waals surface area contributed by atoms with Crippen molar-refractivity contribution in [3.8, 4) is 0 Å². The number of hydrogen-bond donors (Lipinski definition) is 2. The van der Waals surface area contributed by atoms with Gasteiger partial charge in [0, 0.05) is 5.54 Å². The average molecular weight is 252 g/mol. The molecule has 0 unspecified atom stereocenters. The predicted molar refractivity (Wildman–Crippen MR) is 61.9 cm³/mol. The number of carbonyl (C=O) groups is 2. The largest absolute Gasteiger partial charge is 0.480 e. The summed E-state index contributed by atoms with van der Waals surface area (Å²) >= 11 is 0. The molecular formula is C11H16N4O3. The minimum Gasteiger partial charge on any atom is -0.480 e. The van der Waals surface area contributed by atoms with Crippen molar-refractivity contribution in [2.45, 2.75) is 38.8 Å². The lowest BCUT2D eigenvalue weighted by Crippen LogP contribution is -2.45. The minimum absolute atomic E-state index is 0.143. The molecule has 0 aromatic carbocycles. The van der Waals surface area contributed by atoms with E-state index in [0.717, 1.165) is 17.5 Å². The number of amides is 1. The zero-order valence-corrected chi connectivity index (χ0v) is 10.4. The highest BCUT2D eigenvalue weighted by Gasteiger charge is 2.39. The van der Waals surface area contributed by atoms with Crippen molar-refractivity contribution in [2.24, 2.45) is 5.92 Å². The first kappa shape index (κ1) is 12.5. The van der Waals surface area contributed by atoms with Crippen LogP contribution in [0.5, 0.6) is 0 Å². The van der Waals surface area contributed by atoms with E-state index in [-0.39, 0.29) is 23.7 Å². The smallest absolute Gasteiger partial charge is 0.325 e. The van der Waals surface area contributed by atoms with E-state index >= 15 is 0 Å². The standard InChI is InChI=1S/C11H16N4O3/c1-11(2,7-3-4-7)12-10(18)8-5-15(14-13-8)6-9(16)17/h5,7H,3-4,6H2,1-2H3,(H,12,18)(H,16,17). The summed E-state index contributed by atoms with van der Waals surface area (Å²) in [6.45, 7) is 3.65. The number of rotatable bonds is 5. The fourth-order valence-electron chi connectivity index (χ4n) is 1.88. The summed E-state index contributed by atoms with van der Waals surface area (Å²) in [5.41, 5.74) is -0.113. The summed E-state index contributed by atoms with van der Waals surface area (Å²) in [6, 6.07) is 0. The van der Waals surface area contributed by atoms with Crippen molar-refractivity contribution in [1.29, 1.82) is 0 Å². The van der Waals surface area contributed by atoms with Crippen LogP contribution in [-0.2, 0) is 11.3 Å². The number of hydrogen-bond acceptors (Lipinski definition) is 4. The van der Waals surface area contributed by atoms with Gasteiger partial charge in [0.25, 0.3) is 5.91 Å². The molecule has 0 spiro atoms. The molecule has 98 valence electrons. The van der Waals surface area contributed by atoms with Crippen LogP contribution in [0.15, 0.2) is 6.20 Å². The fraction of sp³-hybridized carbons (Fsp3) is 0.636. The van der Waals surface area contributed by atoms with Crippen molar-refractivity contribution in [3.63, 3.8) is 0 Å². The van der Waals surface area contributed by atoms with Gasteiger partial charge in [-0.05, 0) is 32.6 Å². The van der Waals surface area contributed by atoms with E-state index in [1.54, 1.807) is 0 Å². The van der Waals surface area contributed by atoms with Crippen molar-refractivity contribution >= 4 is 11.9 Å². The molecule has 1 aromatic heterocycles. The highest BCUT2D eigenvalue weighted by molar-refractivity contribution is 5.92. The molecule has 1 saturated carbocycles. The molecule has 0 bridgehead atoms. The van der Waals surface area contributed by atoms with E-state index < -0.39 is 5.97 Å². The molecule has 7 nitrogen and oxygen atoms in total. The summed E-state index contributed by atoms with van der Waals surface area (Å²) in [6.07, 6.45) is 3.59. The van der Waals surface area contributed by atoms with Gasteiger partial charge in [0.1, 0.15) is 6.54 Å². The number of carboxylic acid groups (broad SMARTS) is 1. The molecule has 0 saturated heterocycles. The third kappa shape index (κ3) is 2.85. The molecular weight excluding hydrogens is 236 g/mol. The summed E-state index contributed by atoms with van der Waals surface area (Å²) < 4.78 is 1.13. The Hall–Kier alpha value is -1.92. The number of nitrogens with zero attached hydrogens (tertiary/aromatic N) is 3. The maximum Gasteiger partial charge on any atom is 0.325 e. The zero-order chi connectivity index (χ0) is 13.3. The SMILES string of the molecule is CC(C)(NC(=O)c1cn(CC(=O)O)nn1)C1CC1. The van der Waals surface area contributed by atoms with Gasteiger partial charge in [-0.25, -0.2) is 4.68 Å². The maximum atomic E-state index is 11.9. The van der Waals surface area contributed by atoms with Gasteiger partial charge in [-0.1, -0.05) is 5.21 Å². The molecule has 0 atom stereocenters. The van der Waals surface area contributed by atoms with Crippen LogP contribution in [0.3, 0.4) is 0 Å². The van der Waals surface area contributed by atoms with Crippen molar-refractivity contribution < 1.29 is 14.7 Å². The van der Waals surface area contributed by atoms with Crippen molar-refractivity contribution in [2.75, 3.05) is 0 Å². The van der Waals surface area contributed by atoms with E-state index in [1.165, 1.54) is 6.20 Å². The average Bonchev–Trinajstić information content (AvgIpc) is 3.00. The monoisotopic (exact) mass is 252 g/mol. The van der Waals surface area contributed by atoms with E-state index in [0.29, 0.717) is 5.92 Å². The maximum absolute atomic E-state index is 11.9. The molecule has 1 aliphatic rings. The first-order valence-corrected chi connectivity index (χ1v) is 5.83. The van der Waals surface area contributed by atoms with Gasteiger partial charge in [-0.2, -0.15) is 0 Å². The second-order valence-corrected chi connectivity index (χ2v) is 5.15. The number of carbonyl (C=O) groups excluding carboxylic acids is 1. The first-order valence-electron chi connectivity index (χ1n) is 5.83. The van der Waals surface area contributed by atoms with Crippen LogP contribution in [0, 0.1) is 5.92 Å². The van der Waals surface area contributed by atoms with Gasteiger partial charge in [0.2, 0.25) is 0 Å². The number of nitrogens with one attached hydrogen (secondary N) is 1. The van der Waals surface area contributed by atoms with Gasteiger partial charge < -0.3 is 10.4 Å². The first-order chi connectivity index (χ1) is 8.38. The van der Waals surface area contributed by atoms with Crippen LogP contribution < -0.4 is 5.32 Å². The molecule has 0 radical (unpaired) electrons. The number of aromatic nitrogens is 3. The third-order valence-electron chi connectivity index (χ3n) is 3.10. The van der Waals surface area contributed by atoms with Gasteiger partial charge in [0.05, 0.1) is 6.20 Å². The van der Waals surface area contributed by atoms with Crippen LogP contribution in [-0.4, -0.2) is 37.5 Å². The van der Waals surface area contributed by atoms with E-state index in [1.807, 2.05) is 13.8 Å². The molecule has 1 heterocycles. The molecule has 1 fully saturated rings. The summed E-state index contributed by atoms with van der Waals surface area (Å²) in [4.78, 5) is 22.4. The Morgan fingerprint density at radius 1 is 1.56 bits per heavy atom. The molecule has 7 heteroatoms. The van der Waals surface area contributed by atoms with Gasteiger partial charge in [0.15, 0.2) is 5.69 Å². The van der Waals surface area contributed by atoms with Crippen LogP contribution in [0.2, 0.25) is 0 Å². The summed E-state index contributed by atoms with van der Waals surface area (Å²) in [5.74, 6) is -0.829. The van der Waals surface area contributed by atoms with Crippen LogP contribution in [0.4, 0.5) is 0 Å². The highest BCUT2D eigenvalue weighted by atomic mass is 16.4. The molecule has 1 amide bonds. The van der Waals surface area contributed by atoms with Crippen LogP contribution in [0.1, 0.15) is 37.2 Å². The molecule has 0 aliphatic heterocycles. The quantitative estimate of drug-likeness (QED) is 0.784. The normalized spacial score (nSPS) is 15.4. The number of carboxylic acids is 1. The van der Waals surface area contributed by atoms with E-state index in [2.05, 4.69) is 15.6 Å². The lowest BCUT2D eigenvalue weighted by atomic mass is 9.99. The Morgan fingerprint density at radius 2 is 2.22 bits per heavy atom. The topological polar surface area (TPSA) is 97.1 Å². The molecule has 18 heavy (non-hydrogen) atoms. The molecule has 1 aliphatic carbocycles. The Morgan fingerprint density at radius 3 is 2.78 bits per heavy atom. The summed E-state index contributed by atoms with van der Waals surface area (Å²) in [7, 11) is 0. The lowest BCUT2D eigenvalue weighted by Gasteiger charge is -2.25. The fourth-order valence-corrected chi connectivity index (χ4v) is 1.88. The number of aliphatic carboxylic acids is 1. The third-order valence-corrected chi connectivity index (χ3v) is 3.10. The molecule has 2 rings (SSSR count). The second-order valence-electron chi connectivity index (χ2n) is 5.15. The van der Waals surface area contributed by atoms with Gasteiger partial charge in [-0.3, -0.25) is 9.59 Å². The Kier molecular flexibility index (Phi) is 3.06. The van der Waals surface area contributed by atoms with E-state index in [4.69, 9.17) is 5.11 Å². The van der Waals surface area contributed by atoms with Crippen LogP contribution >= 0.6 is 0 Å². The Balaban J connectivity index is 2.00. The summed E-state index contributed by atoms with van der Waals surface area (Å²) in [5, 5.41) is 18.8. The van der Waals surface area contributed by atoms with E-state index in [9.17, 15) is 9.59 Å². The predicted octanol–water partition coefficient (Wildman–Crippen LogP) is 0.281. The lowest BCUT2D eigenvalue weighted by molar-refractivity contribution is -0.137. The molecule has 1 aromatic rings. The Bertz CT molecular complexity index is 476. The second kappa shape index (κ2) is 4.40. The minimum atomic E-state index is -1.02. The van der Waals surface area contributed by atoms with Crippen LogP contribution in [0.25, 0.3) is 0 Å². The molecule has 2 N–H and O–H groups in total. The van der Waals surface area contributed by atoms with Crippen molar-refractivity contribution in [3.05, 3.63) is 11.9 Å². The van der Waals surface area contributed by atoms with Gasteiger partial charge >= 0.3 is 5.97 Å². The Labute approximate surface area is 104 Å². The highest BCUT2D eigenvalue weighted by Crippen LogP contribution is 2.39.